The summed E-state index contributed by atoms with van der Waals surface area (Å²) in [6.07, 6.45) is 3.64. The highest BCUT2D eigenvalue weighted by atomic mass is 16.5. The zero-order valence-corrected chi connectivity index (χ0v) is 11.0. The lowest BCUT2D eigenvalue weighted by atomic mass is 10.0. The molecule has 0 atom stereocenters. The Morgan fingerprint density at radius 3 is 2.89 bits per heavy atom. The van der Waals surface area contributed by atoms with Crippen LogP contribution in [0.15, 0.2) is 30.6 Å². The minimum Gasteiger partial charge on any atom is -0.497 e. The molecule has 0 unspecified atom stereocenters. The Morgan fingerprint density at radius 1 is 1.37 bits per heavy atom. The molecule has 0 aliphatic rings. The number of nitrogens with zero attached hydrogens (tertiary/aromatic N) is 3. The summed E-state index contributed by atoms with van der Waals surface area (Å²) in [4.78, 5) is 0. The van der Waals surface area contributed by atoms with E-state index >= 15 is 0 Å². The third-order valence-corrected chi connectivity index (χ3v) is 2.82. The summed E-state index contributed by atoms with van der Waals surface area (Å²) in [5.41, 5.74) is 2.32. The summed E-state index contributed by atoms with van der Waals surface area (Å²) >= 11 is 0. The van der Waals surface area contributed by atoms with Crippen LogP contribution in [0, 0.1) is 11.3 Å². The fourth-order valence-electron chi connectivity index (χ4n) is 1.80. The number of hydrogen-bond donors (Lipinski definition) is 0. The molecular weight excluding hydrogens is 242 g/mol. The molecule has 1 aromatic heterocycles. The molecule has 1 heterocycles. The molecule has 1 aromatic carbocycles. The zero-order chi connectivity index (χ0) is 13.7. The van der Waals surface area contributed by atoms with Crippen molar-refractivity contribution in [3.8, 4) is 22.9 Å². The van der Waals surface area contributed by atoms with E-state index in [2.05, 4.69) is 11.2 Å². The van der Waals surface area contributed by atoms with Gasteiger partial charge in [0.25, 0.3) is 0 Å². The maximum Gasteiger partial charge on any atom is 0.119 e. The van der Waals surface area contributed by atoms with Crippen LogP contribution in [0.4, 0.5) is 0 Å². The Labute approximate surface area is 112 Å². The van der Waals surface area contributed by atoms with Crippen LogP contribution in [0.1, 0.15) is 5.56 Å². The Bertz CT molecular complexity index is 599. The minimum absolute atomic E-state index is 0.602. The van der Waals surface area contributed by atoms with Crippen molar-refractivity contribution in [2.24, 2.45) is 0 Å². The topological polar surface area (TPSA) is 60.1 Å². The fraction of sp³-hybridized carbons (Fsp3) is 0.286. The third kappa shape index (κ3) is 2.92. The molecule has 2 rings (SSSR count). The van der Waals surface area contributed by atoms with E-state index in [1.165, 1.54) is 0 Å². The van der Waals surface area contributed by atoms with Crippen molar-refractivity contribution in [3.63, 3.8) is 0 Å². The van der Waals surface area contributed by atoms with Crippen molar-refractivity contribution < 1.29 is 9.47 Å². The van der Waals surface area contributed by atoms with Crippen LogP contribution in [0.2, 0.25) is 0 Å². The number of hydrogen-bond acceptors (Lipinski definition) is 4. The molecule has 5 heteroatoms. The molecule has 0 aliphatic heterocycles. The quantitative estimate of drug-likeness (QED) is 0.822. The van der Waals surface area contributed by atoms with Gasteiger partial charge in [-0.2, -0.15) is 10.4 Å². The smallest absolute Gasteiger partial charge is 0.119 e. The lowest BCUT2D eigenvalue weighted by molar-refractivity contribution is 0.183. The standard InChI is InChI=1S/C14H15N3O2/c1-18-6-5-17-10-12(9-16-17)14-7-13(19-2)4-3-11(14)8-15/h3-4,7,9-10H,5-6H2,1-2H3. The first-order valence-electron chi connectivity index (χ1n) is 5.88. The van der Waals surface area contributed by atoms with Gasteiger partial charge in [0.2, 0.25) is 0 Å². The first-order chi connectivity index (χ1) is 9.28. The Kier molecular flexibility index (Phi) is 4.16. The van der Waals surface area contributed by atoms with E-state index in [1.54, 1.807) is 37.2 Å². The van der Waals surface area contributed by atoms with Crippen molar-refractivity contribution in [1.29, 1.82) is 5.26 Å². The summed E-state index contributed by atoms with van der Waals surface area (Å²) in [6.45, 7) is 1.28. The van der Waals surface area contributed by atoms with Gasteiger partial charge in [0.15, 0.2) is 0 Å². The Balaban J connectivity index is 2.35. The lowest BCUT2D eigenvalue weighted by Crippen LogP contribution is -2.03. The number of nitriles is 1. The lowest BCUT2D eigenvalue weighted by Gasteiger charge is -2.04. The van der Waals surface area contributed by atoms with E-state index in [9.17, 15) is 0 Å². The molecule has 0 bridgehead atoms. The number of aromatic nitrogens is 2. The van der Waals surface area contributed by atoms with Gasteiger partial charge >= 0.3 is 0 Å². The van der Waals surface area contributed by atoms with Gasteiger partial charge in [-0.25, -0.2) is 0 Å². The average Bonchev–Trinajstić information content (AvgIpc) is 2.93. The van der Waals surface area contributed by atoms with Gasteiger partial charge in [-0.15, -0.1) is 0 Å². The largest absolute Gasteiger partial charge is 0.497 e. The monoisotopic (exact) mass is 257 g/mol. The minimum atomic E-state index is 0.602. The van der Waals surface area contributed by atoms with Gasteiger partial charge in [0, 0.05) is 24.4 Å². The van der Waals surface area contributed by atoms with Gasteiger partial charge in [0.1, 0.15) is 5.75 Å². The normalized spacial score (nSPS) is 10.2. The molecule has 0 amide bonds. The molecule has 2 aromatic rings. The predicted molar refractivity (Wildman–Crippen MR) is 70.8 cm³/mol. The first-order valence-corrected chi connectivity index (χ1v) is 5.88. The number of rotatable bonds is 5. The SMILES string of the molecule is COCCn1cc(-c2cc(OC)ccc2C#N)cn1. The van der Waals surface area contributed by atoms with Crippen LogP contribution in [-0.2, 0) is 11.3 Å². The van der Waals surface area contributed by atoms with Crippen molar-refractivity contribution in [1.82, 2.24) is 9.78 Å². The number of ether oxygens (including phenoxy) is 2. The summed E-state index contributed by atoms with van der Waals surface area (Å²) in [7, 11) is 3.26. The van der Waals surface area contributed by atoms with Crippen LogP contribution >= 0.6 is 0 Å². The van der Waals surface area contributed by atoms with Crippen molar-refractivity contribution >= 4 is 0 Å². The molecule has 19 heavy (non-hydrogen) atoms. The molecule has 0 radical (unpaired) electrons. The first kappa shape index (κ1) is 13.1. The molecule has 0 aliphatic carbocycles. The fourth-order valence-corrected chi connectivity index (χ4v) is 1.80. The zero-order valence-electron chi connectivity index (χ0n) is 11.0. The van der Waals surface area contributed by atoms with Crippen LogP contribution in [0.5, 0.6) is 5.75 Å². The highest BCUT2D eigenvalue weighted by Gasteiger charge is 2.09. The van der Waals surface area contributed by atoms with Crippen LogP contribution in [0.25, 0.3) is 11.1 Å². The Morgan fingerprint density at radius 2 is 2.21 bits per heavy atom. The summed E-state index contributed by atoms with van der Waals surface area (Å²) in [5.74, 6) is 0.721. The van der Waals surface area contributed by atoms with Gasteiger partial charge in [0.05, 0.1) is 38.1 Å². The molecule has 0 N–H and O–H groups in total. The average molecular weight is 257 g/mol. The second-order valence-corrected chi connectivity index (χ2v) is 4.01. The van der Waals surface area contributed by atoms with Crippen LogP contribution in [0.3, 0.4) is 0 Å². The van der Waals surface area contributed by atoms with Crippen molar-refractivity contribution in [3.05, 3.63) is 36.2 Å². The van der Waals surface area contributed by atoms with E-state index in [0.717, 1.165) is 16.9 Å². The van der Waals surface area contributed by atoms with Gasteiger partial charge < -0.3 is 9.47 Å². The maximum absolute atomic E-state index is 9.15. The molecule has 0 spiro atoms. The molecule has 0 saturated carbocycles. The van der Waals surface area contributed by atoms with Crippen molar-refractivity contribution in [2.75, 3.05) is 20.8 Å². The molecule has 5 nitrogen and oxygen atoms in total. The number of methoxy groups -OCH3 is 2. The molecule has 0 fully saturated rings. The van der Waals surface area contributed by atoms with E-state index in [4.69, 9.17) is 14.7 Å². The van der Waals surface area contributed by atoms with Gasteiger partial charge in [-0.05, 0) is 18.2 Å². The highest BCUT2D eigenvalue weighted by Crippen LogP contribution is 2.27. The van der Waals surface area contributed by atoms with Crippen LogP contribution in [-0.4, -0.2) is 30.6 Å². The molecule has 0 saturated heterocycles. The maximum atomic E-state index is 9.15. The second-order valence-electron chi connectivity index (χ2n) is 4.01. The van der Waals surface area contributed by atoms with Gasteiger partial charge in [-0.3, -0.25) is 4.68 Å². The van der Waals surface area contributed by atoms with Crippen molar-refractivity contribution in [2.45, 2.75) is 6.54 Å². The summed E-state index contributed by atoms with van der Waals surface area (Å²) in [5, 5.41) is 13.4. The van der Waals surface area contributed by atoms with Gasteiger partial charge in [-0.1, -0.05) is 0 Å². The number of benzene rings is 1. The predicted octanol–water partition coefficient (Wildman–Crippen LogP) is 2.08. The van der Waals surface area contributed by atoms with E-state index in [0.29, 0.717) is 18.7 Å². The summed E-state index contributed by atoms with van der Waals surface area (Å²) in [6, 6.07) is 7.55. The van der Waals surface area contributed by atoms with Crippen LogP contribution < -0.4 is 4.74 Å². The van der Waals surface area contributed by atoms with E-state index in [1.807, 2.05) is 12.3 Å². The second kappa shape index (κ2) is 6.03. The summed E-state index contributed by atoms with van der Waals surface area (Å²) < 4.78 is 12.0. The molecule has 98 valence electrons. The van der Waals surface area contributed by atoms with E-state index in [-0.39, 0.29) is 0 Å². The Hall–Kier alpha value is -2.32. The van der Waals surface area contributed by atoms with E-state index < -0.39 is 0 Å². The highest BCUT2D eigenvalue weighted by molar-refractivity contribution is 5.71. The molecular formula is C14H15N3O2. The third-order valence-electron chi connectivity index (χ3n) is 2.82.